The molecule has 4 heteroatoms. The molecule has 1 aliphatic heterocycles. The number of morpholine rings is 1. The third kappa shape index (κ3) is 2.20. The Hall–Kier alpha value is -1.73. The van der Waals surface area contributed by atoms with Crippen molar-refractivity contribution >= 4 is 11.4 Å². The lowest BCUT2D eigenvalue weighted by Gasteiger charge is -2.31. The molecular formula is C11H13N3O. The molecule has 4 nitrogen and oxygen atoms in total. The van der Waals surface area contributed by atoms with E-state index in [9.17, 15) is 0 Å². The number of hydrogen-bond donors (Lipinski definition) is 1. The summed E-state index contributed by atoms with van der Waals surface area (Å²) in [6, 6.07) is 9.80. The summed E-state index contributed by atoms with van der Waals surface area (Å²) in [5.74, 6) is 0. The molecular weight excluding hydrogens is 190 g/mol. The van der Waals surface area contributed by atoms with Gasteiger partial charge in [-0.1, -0.05) is 0 Å². The number of nitriles is 1. The standard InChI is InChI=1S/C11H13N3O/c12-7-11-8-14(5-6-15-11)10-3-1-9(13)2-4-10/h1-4,11H,5-6,8,13H2. The average Bonchev–Trinajstić information content (AvgIpc) is 2.30. The van der Waals surface area contributed by atoms with Crippen LogP contribution in [0, 0.1) is 11.3 Å². The first kappa shape index (κ1) is 9.81. The van der Waals surface area contributed by atoms with Gasteiger partial charge in [-0.05, 0) is 24.3 Å². The summed E-state index contributed by atoms with van der Waals surface area (Å²) in [5, 5.41) is 8.78. The van der Waals surface area contributed by atoms with Crippen LogP contribution >= 0.6 is 0 Å². The Balaban J connectivity index is 2.10. The fraction of sp³-hybridized carbons (Fsp3) is 0.364. The highest BCUT2D eigenvalue weighted by atomic mass is 16.5. The van der Waals surface area contributed by atoms with Crippen molar-refractivity contribution in [2.45, 2.75) is 6.10 Å². The van der Waals surface area contributed by atoms with Crippen LogP contribution in [0.25, 0.3) is 0 Å². The van der Waals surface area contributed by atoms with Gasteiger partial charge in [0.2, 0.25) is 0 Å². The van der Waals surface area contributed by atoms with Crippen LogP contribution in [0.2, 0.25) is 0 Å². The predicted molar refractivity (Wildman–Crippen MR) is 58.4 cm³/mol. The fourth-order valence-corrected chi connectivity index (χ4v) is 1.65. The van der Waals surface area contributed by atoms with Crippen LogP contribution in [0.1, 0.15) is 0 Å². The van der Waals surface area contributed by atoms with Crippen molar-refractivity contribution in [2.75, 3.05) is 30.3 Å². The summed E-state index contributed by atoms with van der Waals surface area (Å²) >= 11 is 0. The molecule has 1 heterocycles. The molecule has 1 unspecified atom stereocenters. The second kappa shape index (κ2) is 4.20. The van der Waals surface area contributed by atoms with Crippen molar-refractivity contribution in [1.82, 2.24) is 0 Å². The summed E-state index contributed by atoms with van der Waals surface area (Å²) in [6.45, 7) is 2.05. The second-order valence-corrected chi connectivity index (χ2v) is 3.53. The zero-order valence-electron chi connectivity index (χ0n) is 8.39. The fourth-order valence-electron chi connectivity index (χ4n) is 1.65. The highest BCUT2D eigenvalue weighted by Gasteiger charge is 2.19. The van der Waals surface area contributed by atoms with Gasteiger partial charge in [-0.3, -0.25) is 0 Å². The molecule has 0 aliphatic carbocycles. The van der Waals surface area contributed by atoms with Gasteiger partial charge in [0, 0.05) is 17.9 Å². The number of hydrogen-bond acceptors (Lipinski definition) is 4. The van der Waals surface area contributed by atoms with Crippen LogP contribution < -0.4 is 10.6 Å². The Kier molecular flexibility index (Phi) is 2.75. The van der Waals surface area contributed by atoms with E-state index >= 15 is 0 Å². The molecule has 0 spiro atoms. The number of nitrogen functional groups attached to an aromatic ring is 1. The maximum Gasteiger partial charge on any atom is 0.161 e. The van der Waals surface area contributed by atoms with Gasteiger partial charge in [-0.25, -0.2) is 0 Å². The minimum absolute atomic E-state index is 0.323. The van der Waals surface area contributed by atoms with E-state index in [0.717, 1.165) is 17.9 Å². The molecule has 2 rings (SSSR count). The van der Waals surface area contributed by atoms with Crippen LogP contribution in [-0.4, -0.2) is 25.8 Å². The third-order valence-corrected chi connectivity index (χ3v) is 2.47. The van der Waals surface area contributed by atoms with E-state index in [1.165, 1.54) is 0 Å². The van der Waals surface area contributed by atoms with Crippen molar-refractivity contribution in [2.24, 2.45) is 0 Å². The molecule has 1 fully saturated rings. The first-order valence-corrected chi connectivity index (χ1v) is 4.91. The van der Waals surface area contributed by atoms with Crippen molar-refractivity contribution in [3.05, 3.63) is 24.3 Å². The second-order valence-electron chi connectivity index (χ2n) is 3.53. The van der Waals surface area contributed by atoms with Crippen molar-refractivity contribution in [3.8, 4) is 6.07 Å². The monoisotopic (exact) mass is 203 g/mol. The van der Waals surface area contributed by atoms with Gasteiger partial charge in [0.1, 0.15) is 0 Å². The molecule has 0 amide bonds. The van der Waals surface area contributed by atoms with Gasteiger partial charge in [-0.2, -0.15) is 5.26 Å². The normalized spacial score (nSPS) is 21.0. The number of benzene rings is 1. The van der Waals surface area contributed by atoms with Crippen molar-refractivity contribution < 1.29 is 4.74 Å². The van der Waals surface area contributed by atoms with E-state index in [-0.39, 0.29) is 6.10 Å². The minimum Gasteiger partial charge on any atom is -0.399 e. The van der Waals surface area contributed by atoms with Gasteiger partial charge < -0.3 is 15.4 Å². The molecule has 2 N–H and O–H groups in total. The molecule has 1 aromatic carbocycles. The smallest absolute Gasteiger partial charge is 0.161 e. The zero-order valence-corrected chi connectivity index (χ0v) is 8.39. The number of nitrogens with zero attached hydrogens (tertiary/aromatic N) is 2. The number of nitrogens with two attached hydrogens (primary N) is 1. The highest BCUT2D eigenvalue weighted by molar-refractivity contribution is 5.53. The Labute approximate surface area is 88.9 Å². The van der Waals surface area contributed by atoms with Crippen LogP contribution in [0.5, 0.6) is 0 Å². The Bertz CT molecular complexity index is 368. The van der Waals surface area contributed by atoms with Crippen molar-refractivity contribution in [3.63, 3.8) is 0 Å². The number of anilines is 2. The van der Waals surface area contributed by atoms with Crippen LogP contribution in [-0.2, 0) is 4.74 Å². The summed E-state index contributed by atoms with van der Waals surface area (Å²) in [6.07, 6.45) is -0.323. The van der Waals surface area contributed by atoms with Gasteiger partial charge in [0.15, 0.2) is 6.10 Å². The maximum absolute atomic E-state index is 8.78. The molecule has 1 aromatic rings. The van der Waals surface area contributed by atoms with Crippen molar-refractivity contribution in [1.29, 1.82) is 5.26 Å². The molecule has 15 heavy (non-hydrogen) atoms. The average molecular weight is 203 g/mol. The van der Waals surface area contributed by atoms with E-state index < -0.39 is 0 Å². The molecule has 1 aliphatic rings. The first-order valence-electron chi connectivity index (χ1n) is 4.91. The lowest BCUT2D eigenvalue weighted by molar-refractivity contribution is 0.0764. The van der Waals surface area contributed by atoms with E-state index in [4.69, 9.17) is 15.7 Å². The van der Waals surface area contributed by atoms with Gasteiger partial charge in [0.25, 0.3) is 0 Å². The number of ether oxygens (including phenoxy) is 1. The third-order valence-electron chi connectivity index (χ3n) is 2.47. The topological polar surface area (TPSA) is 62.3 Å². The molecule has 0 radical (unpaired) electrons. The number of rotatable bonds is 1. The summed E-state index contributed by atoms with van der Waals surface area (Å²) in [7, 11) is 0. The molecule has 78 valence electrons. The molecule has 0 bridgehead atoms. The molecule has 0 saturated carbocycles. The Morgan fingerprint density at radius 2 is 2.13 bits per heavy atom. The predicted octanol–water partition coefficient (Wildman–Crippen LogP) is 0.998. The zero-order chi connectivity index (χ0) is 10.7. The maximum atomic E-state index is 8.78. The lowest BCUT2D eigenvalue weighted by atomic mass is 10.2. The summed E-state index contributed by atoms with van der Waals surface area (Å²) in [5.41, 5.74) is 7.46. The first-order chi connectivity index (χ1) is 7.29. The van der Waals surface area contributed by atoms with Crippen LogP contribution in [0.4, 0.5) is 11.4 Å². The van der Waals surface area contributed by atoms with Crippen LogP contribution in [0.15, 0.2) is 24.3 Å². The van der Waals surface area contributed by atoms with Gasteiger partial charge in [0.05, 0.1) is 19.2 Å². The minimum atomic E-state index is -0.323. The largest absolute Gasteiger partial charge is 0.399 e. The van der Waals surface area contributed by atoms with E-state index in [1.807, 2.05) is 24.3 Å². The summed E-state index contributed by atoms with van der Waals surface area (Å²) < 4.78 is 5.28. The highest BCUT2D eigenvalue weighted by Crippen LogP contribution is 2.18. The molecule has 1 atom stereocenters. The van der Waals surface area contributed by atoms with Gasteiger partial charge in [-0.15, -0.1) is 0 Å². The molecule has 0 aromatic heterocycles. The van der Waals surface area contributed by atoms with E-state index in [1.54, 1.807) is 0 Å². The van der Waals surface area contributed by atoms with E-state index in [0.29, 0.717) is 13.2 Å². The molecule has 1 saturated heterocycles. The SMILES string of the molecule is N#CC1CN(c2ccc(N)cc2)CCO1. The van der Waals surface area contributed by atoms with Gasteiger partial charge >= 0.3 is 0 Å². The van der Waals surface area contributed by atoms with E-state index in [2.05, 4.69) is 11.0 Å². The summed E-state index contributed by atoms with van der Waals surface area (Å²) in [4.78, 5) is 2.14. The lowest BCUT2D eigenvalue weighted by Crippen LogP contribution is -2.41. The Morgan fingerprint density at radius 1 is 1.40 bits per heavy atom. The van der Waals surface area contributed by atoms with Crippen LogP contribution in [0.3, 0.4) is 0 Å². The quantitative estimate of drug-likeness (QED) is 0.691. The Morgan fingerprint density at radius 3 is 2.80 bits per heavy atom.